The third-order valence-electron chi connectivity index (χ3n) is 5.66. The van der Waals surface area contributed by atoms with Crippen molar-refractivity contribution < 1.29 is 8.78 Å². The van der Waals surface area contributed by atoms with E-state index >= 15 is 0 Å². The monoisotopic (exact) mass is 380 g/mol. The maximum absolute atomic E-state index is 14.7. The van der Waals surface area contributed by atoms with E-state index in [4.69, 9.17) is 0 Å². The SMILES string of the molecule is CC(C)c1ccc(CN2CCCn3cccc3C2c2c(F)cccc2F)cc1. The predicted molar refractivity (Wildman–Crippen MR) is 108 cm³/mol. The highest BCUT2D eigenvalue weighted by molar-refractivity contribution is 5.33. The number of aryl methyl sites for hydroxylation is 1. The number of aromatic nitrogens is 1. The summed E-state index contributed by atoms with van der Waals surface area (Å²) in [5.74, 6) is -0.490. The molecule has 1 aromatic heterocycles. The number of nitrogens with zero attached hydrogens (tertiary/aromatic N) is 2. The highest BCUT2D eigenvalue weighted by atomic mass is 19.1. The van der Waals surface area contributed by atoms with Crippen molar-refractivity contribution in [3.8, 4) is 0 Å². The lowest BCUT2D eigenvalue weighted by atomic mass is 9.98. The average molecular weight is 380 g/mol. The Morgan fingerprint density at radius 1 is 0.929 bits per heavy atom. The lowest BCUT2D eigenvalue weighted by molar-refractivity contribution is 0.212. The van der Waals surface area contributed by atoms with E-state index in [9.17, 15) is 8.78 Å². The van der Waals surface area contributed by atoms with Gasteiger partial charge >= 0.3 is 0 Å². The van der Waals surface area contributed by atoms with Crippen LogP contribution >= 0.6 is 0 Å². The Balaban J connectivity index is 1.74. The molecule has 4 rings (SSSR count). The van der Waals surface area contributed by atoms with E-state index in [0.717, 1.165) is 30.8 Å². The van der Waals surface area contributed by atoms with Crippen LogP contribution in [0.15, 0.2) is 60.8 Å². The molecule has 0 aliphatic carbocycles. The number of halogens is 2. The van der Waals surface area contributed by atoms with Crippen molar-refractivity contribution in [2.24, 2.45) is 0 Å². The first-order chi connectivity index (χ1) is 13.5. The smallest absolute Gasteiger partial charge is 0.131 e. The molecule has 146 valence electrons. The maximum Gasteiger partial charge on any atom is 0.131 e. The fourth-order valence-corrected chi connectivity index (χ4v) is 4.15. The van der Waals surface area contributed by atoms with Gasteiger partial charge in [-0.2, -0.15) is 0 Å². The summed E-state index contributed by atoms with van der Waals surface area (Å²) in [7, 11) is 0. The molecule has 0 saturated heterocycles. The molecule has 4 heteroatoms. The van der Waals surface area contributed by atoms with Crippen LogP contribution in [0.2, 0.25) is 0 Å². The van der Waals surface area contributed by atoms with Gasteiger partial charge in [0, 0.05) is 37.1 Å². The van der Waals surface area contributed by atoms with Gasteiger partial charge < -0.3 is 4.57 Å². The summed E-state index contributed by atoms with van der Waals surface area (Å²) >= 11 is 0. The average Bonchev–Trinajstić information content (AvgIpc) is 3.06. The molecule has 2 aromatic carbocycles. The van der Waals surface area contributed by atoms with Crippen LogP contribution in [-0.4, -0.2) is 16.0 Å². The second-order valence-corrected chi connectivity index (χ2v) is 7.88. The van der Waals surface area contributed by atoms with E-state index < -0.39 is 17.7 Å². The summed E-state index contributed by atoms with van der Waals surface area (Å²) in [6.45, 7) is 6.65. The van der Waals surface area contributed by atoms with Gasteiger partial charge in [-0.3, -0.25) is 4.90 Å². The fourth-order valence-electron chi connectivity index (χ4n) is 4.15. The van der Waals surface area contributed by atoms with Crippen molar-refractivity contribution in [2.75, 3.05) is 6.54 Å². The lowest BCUT2D eigenvalue weighted by Crippen LogP contribution is -2.30. The minimum atomic E-state index is -0.486. The first-order valence-corrected chi connectivity index (χ1v) is 9.96. The summed E-state index contributed by atoms with van der Waals surface area (Å²) in [6.07, 6.45) is 2.94. The van der Waals surface area contributed by atoms with Crippen LogP contribution in [0, 0.1) is 11.6 Å². The van der Waals surface area contributed by atoms with Crippen LogP contribution < -0.4 is 0 Å². The van der Waals surface area contributed by atoms with Crippen molar-refractivity contribution in [2.45, 2.75) is 45.3 Å². The van der Waals surface area contributed by atoms with E-state index in [1.54, 1.807) is 0 Å². The zero-order valence-corrected chi connectivity index (χ0v) is 16.4. The summed E-state index contributed by atoms with van der Waals surface area (Å²) < 4.78 is 31.6. The van der Waals surface area contributed by atoms with E-state index in [-0.39, 0.29) is 5.56 Å². The molecular weight excluding hydrogens is 354 g/mol. The van der Waals surface area contributed by atoms with Crippen molar-refractivity contribution >= 4 is 0 Å². The number of fused-ring (bicyclic) bond motifs is 1. The molecule has 0 spiro atoms. The molecule has 28 heavy (non-hydrogen) atoms. The van der Waals surface area contributed by atoms with E-state index in [0.29, 0.717) is 12.5 Å². The van der Waals surface area contributed by atoms with Gasteiger partial charge in [0.25, 0.3) is 0 Å². The van der Waals surface area contributed by atoms with Crippen molar-refractivity contribution in [3.05, 3.63) is 94.8 Å². The minimum Gasteiger partial charge on any atom is -0.350 e. The molecule has 2 heterocycles. The Labute approximate surface area is 165 Å². The molecule has 0 saturated carbocycles. The van der Waals surface area contributed by atoms with E-state index in [2.05, 4.69) is 47.6 Å². The summed E-state index contributed by atoms with van der Waals surface area (Å²) in [5, 5.41) is 0. The van der Waals surface area contributed by atoms with Crippen LogP contribution in [0.3, 0.4) is 0 Å². The Morgan fingerprint density at radius 3 is 2.32 bits per heavy atom. The van der Waals surface area contributed by atoms with Gasteiger partial charge in [0.2, 0.25) is 0 Å². The van der Waals surface area contributed by atoms with Gasteiger partial charge in [-0.15, -0.1) is 0 Å². The second kappa shape index (κ2) is 7.88. The quantitative estimate of drug-likeness (QED) is 0.548. The fraction of sp³-hybridized carbons (Fsp3) is 0.333. The molecule has 0 radical (unpaired) electrons. The van der Waals surface area contributed by atoms with E-state index in [1.165, 1.54) is 23.8 Å². The van der Waals surface area contributed by atoms with Crippen LogP contribution in [0.25, 0.3) is 0 Å². The molecular formula is C24H26F2N2. The van der Waals surface area contributed by atoms with E-state index in [1.807, 2.05) is 18.3 Å². The topological polar surface area (TPSA) is 8.17 Å². The maximum atomic E-state index is 14.7. The van der Waals surface area contributed by atoms with Gasteiger partial charge in [0.05, 0.1) is 6.04 Å². The number of rotatable bonds is 4. The van der Waals surface area contributed by atoms with Gasteiger partial charge in [0.15, 0.2) is 0 Å². The van der Waals surface area contributed by atoms with Crippen LogP contribution in [0.5, 0.6) is 0 Å². The molecule has 1 aliphatic heterocycles. The Kier molecular flexibility index (Phi) is 5.31. The first-order valence-electron chi connectivity index (χ1n) is 9.96. The normalized spacial score (nSPS) is 17.5. The number of hydrogen-bond donors (Lipinski definition) is 0. The number of hydrogen-bond acceptors (Lipinski definition) is 1. The van der Waals surface area contributed by atoms with Crippen LogP contribution in [-0.2, 0) is 13.1 Å². The van der Waals surface area contributed by atoms with Crippen molar-refractivity contribution in [1.82, 2.24) is 9.47 Å². The third kappa shape index (κ3) is 3.61. The summed E-state index contributed by atoms with van der Waals surface area (Å²) in [5.41, 5.74) is 3.54. The molecule has 1 aliphatic rings. The molecule has 1 atom stereocenters. The standard InChI is InChI=1S/C24H26F2N2/c1-17(2)19-11-9-18(10-12-19)16-28-15-5-14-27-13-4-8-22(27)24(28)23-20(25)6-3-7-21(23)26/h3-4,6-13,17,24H,5,14-16H2,1-2H3. The minimum absolute atomic E-state index is 0.142. The number of benzene rings is 2. The lowest BCUT2D eigenvalue weighted by Gasteiger charge is -2.31. The van der Waals surface area contributed by atoms with Gasteiger partial charge in [-0.05, 0) is 47.7 Å². The Hall–Kier alpha value is -2.46. The van der Waals surface area contributed by atoms with Gasteiger partial charge in [0.1, 0.15) is 11.6 Å². The highest BCUT2D eigenvalue weighted by Gasteiger charge is 2.31. The molecule has 0 bridgehead atoms. The summed E-state index contributed by atoms with van der Waals surface area (Å²) in [4.78, 5) is 2.20. The zero-order valence-electron chi connectivity index (χ0n) is 16.4. The van der Waals surface area contributed by atoms with Crippen LogP contribution in [0.1, 0.15) is 54.6 Å². The molecule has 0 fully saturated rings. The molecule has 1 unspecified atom stereocenters. The molecule has 0 amide bonds. The Bertz CT molecular complexity index is 923. The van der Waals surface area contributed by atoms with Crippen LogP contribution in [0.4, 0.5) is 8.78 Å². The largest absolute Gasteiger partial charge is 0.350 e. The molecule has 2 nitrogen and oxygen atoms in total. The van der Waals surface area contributed by atoms with Gasteiger partial charge in [-0.1, -0.05) is 44.2 Å². The first kappa shape index (κ1) is 18.9. The third-order valence-corrected chi connectivity index (χ3v) is 5.66. The predicted octanol–water partition coefficient (Wildman–Crippen LogP) is 5.89. The summed E-state index contributed by atoms with van der Waals surface area (Å²) in [6, 6.07) is 16.2. The highest BCUT2D eigenvalue weighted by Crippen LogP contribution is 2.35. The zero-order chi connectivity index (χ0) is 19.7. The van der Waals surface area contributed by atoms with Crippen molar-refractivity contribution in [3.63, 3.8) is 0 Å². The Morgan fingerprint density at radius 2 is 1.64 bits per heavy atom. The molecule has 0 N–H and O–H groups in total. The van der Waals surface area contributed by atoms with Crippen molar-refractivity contribution in [1.29, 1.82) is 0 Å². The second-order valence-electron chi connectivity index (χ2n) is 7.88. The van der Waals surface area contributed by atoms with Gasteiger partial charge in [-0.25, -0.2) is 8.78 Å². The molecule has 3 aromatic rings.